The molecule has 2 atom stereocenters. The Balaban J connectivity index is 1.90. The molecule has 1 aromatic carbocycles. The fraction of sp³-hybridized carbons (Fsp3) is 0.400. The zero-order valence-corrected chi connectivity index (χ0v) is 16.4. The lowest BCUT2D eigenvalue weighted by Gasteiger charge is -2.33. The maximum atomic E-state index is 13.0. The van der Waals surface area contributed by atoms with Gasteiger partial charge in [0.15, 0.2) is 11.5 Å². The molecule has 2 amide bonds. The van der Waals surface area contributed by atoms with Gasteiger partial charge >= 0.3 is 0 Å². The summed E-state index contributed by atoms with van der Waals surface area (Å²) in [5.41, 5.74) is -0.654. The summed E-state index contributed by atoms with van der Waals surface area (Å²) in [4.78, 5) is 34.4. The molecule has 29 heavy (non-hydrogen) atoms. The molecule has 0 radical (unpaired) electrons. The van der Waals surface area contributed by atoms with Crippen LogP contribution < -0.4 is 5.32 Å². The zero-order chi connectivity index (χ0) is 21.3. The van der Waals surface area contributed by atoms with E-state index in [1.165, 1.54) is 31.2 Å². The minimum Gasteiger partial charge on any atom is -0.501 e. The second kappa shape index (κ2) is 7.65. The Bertz CT molecular complexity index is 950. The SMILES string of the molecule is CC(=O)N1CC(C)CC1(C)c1nc(O)c(O)c(C(=O)NCc2ccc(F)cc2)n1. The smallest absolute Gasteiger partial charge is 0.274 e. The third-order valence-electron chi connectivity index (χ3n) is 5.14. The number of hydrogen-bond donors (Lipinski definition) is 3. The lowest BCUT2D eigenvalue weighted by molar-refractivity contribution is -0.133. The second-order valence-electron chi connectivity index (χ2n) is 7.59. The van der Waals surface area contributed by atoms with Gasteiger partial charge in [0.1, 0.15) is 11.4 Å². The molecular formula is C20H23FN4O4. The largest absolute Gasteiger partial charge is 0.501 e. The van der Waals surface area contributed by atoms with Crippen molar-refractivity contribution in [3.05, 3.63) is 47.2 Å². The molecule has 2 heterocycles. The van der Waals surface area contributed by atoms with Gasteiger partial charge in [0.05, 0.1) is 0 Å². The summed E-state index contributed by atoms with van der Waals surface area (Å²) in [6, 6.07) is 5.58. The Morgan fingerprint density at radius 3 is 2.55 bits per heavy atom. The van der Waals surface area contributed by atoms with Crippen molar-refractivity contribution in [1.82, 2.24) is 20.2 Å². The average molecular weight is 402 g/mol. The van der Waals surface area contributed by atoms with E-state index in [2.05, 4.69) is 15.3 Å². The van der Waals surface area contributed by atoms with Crippen LogP contribution in [0.1, 0.15) is 49.1 Å². The van der Waals surface area contributed by atoms with Crippen molar-refractivity contribution in [2.75, 3.05) is 6.54 Å². The third kappa shape index (κ3) is 3.98. The van der Waals surface area contributed by atoms with Crippen molar-refractivity contribution in [2.45, 2.75) is 39.3 Å². The maximum absolute atomic E-state index is 13.0. The van der Waals surface area contributed by atoms with Crippen LogP contribution in [0, 0.1) is 11.7 Å². The third-order valence-corrected chi connectivity index (χ3v) is 5.14. The van der Waals surface area contributed by atoms with Crippen LogP contribution in [0.2, 0.25) is 0 Å². The van der Waals surface area contributed by atoms with Crippen LogP contribution in [0.3, 0.4) is 0 Å². The van der Waals surface area contributed by atoms with Crippen LogP contribution in [-0.4, -0.2) is 43.4 Å². The summed E-state index contributed by atoms with van der Waals surface area (Å²) in [6.07, 6.45) is 0.549. The molecule has 154 valence electrons. The molecule has 3 rings (SSSR count). The summed E-state index contributed by atoms with van der Waals surface area (Å²) in [5, 5.41) is 22.8. The van der Waals surface area contributed by atoms with Gasteiger partial charge in [-0.05, 0) is 37.0 Å². The van der Waals surface area contributed by atoms with Gasteiger partial charge in [-0.25, -0.2) is 9.37 Å². The van der Waals surface area contributed by atoms with E-state index in [-0.39, 0.29) is 29.9 Å². The molecule has 8 nitrogen and oxygen atoms in total. The van der Waals surface area contributed by atoms with Crippen molar-refractivity contribution in [3.63, 3.8) is 0 Å². The highest BCUT2D eigenvalue weighted by Crippen LogP contribution is 2.41. The van der Waals surface area contributed by atoms with Gasteiger partial charge in [0.25, 0.3) is 11.8 Å². The van der Waals surface area contributed by atoms with Crippen LogP contribution in [-0.2, 0) is 16.9 Å². The van der Waals surface area contributed by atoms with E-state index < -0.39 is 28.9 Å². The van der Waals surface area contributed by atoms with Gasteiger partial charge in [-0.3, -0.25) is 9.59 Å². The highest BCUT2D eigenvalue weighted by molar-refractivity contribution is 5.95. The van der Waals surface area contributed by atoms with E-state index in [4.69, 9.17) is 0 Å². The number of benzene rings is 1. The van der Waals surface area contributed by atoms with Crippen molar-refractivity contribution >= 4 is 11.8 Å². The number of carbonyl (C=O) groups excluding carboxylic acids is 2. The van der Waals surface area contributed by atoms with Crippen molar-refractivity contribution < 1.29 is 24.2 Å². The summed E-state index contributed by atoms with van der Waals surface area (Å²) >= 11 is 0. The summed E-state index contributed by atoms with van der Waals surface area (Å²) in [7, 11) is 0. The van der Waals surface area contributed by atoms with E-state index in [9.17, 15) is 24.2 Å². The van der Waals surface area contributed by atoms with Crippen LogP contribution in [0.15, 0.2) is 24.3 Å². The van der Waals surface area contributed by atoms with E-state index in [0.29, 0.717) is 18.5 Å². The monoisotopic (exact) mass is 402 g/mol. The lowest BCUT2D eigenvalue weighted by Crippen LogP contribution is -2.43. The van der Waals surface area contributed by atoms with Crippen molar-refractivity contribution in [1.29, 1.82) is 0 Å². The van der Waals surface area contributed by atoms with Gasteiger partial charge < -0.3 is 20.4 Å². The standard InChI is InChI=1S/C20H23FN4O4/c1-11-8-20(3,25(10-11)12(2)26)19-23-15(16(27)18(29)24-19)17(28)22-9-13-4-6-14(21)7-5-13/h4-7,11,27H,8-10H2,1-3H3,(H,22,28)(H,23,24,29). The van der Waals surface area contributed by atoms with Gasteiger partial charge in [-0.15, -0.1) is 0 Å². The van der Waals surface area contributed by atoms with Crippen molar-refractivity contribution in [2.24, 2.45) is 5.92 Å². The maximum Gasteiger partial charge on any atom is 0.274 e. The Morgan fingerprint density at radius 1 is 1.28 bits per heavy atom. The van der Waals surface area contributed by atoms with E-state index in [1.807, 2.05) is 6.92 Å². The van der Waals surface area contributed by atoms with Crippen LogP contribution >= 0.6 is 0 Å². The first kappa shape index (κ1) is 20.5. The van der Waals surface area contributed by atoms with Gasteiger partial charge in [0, 0.05) is 20.0 Å². The zero-order valence-electron chi connectivity index (χ0n) is 16.4. The Kier molecular flexibility index (Phi) is 5.41. The predicted octanol–water partition coefficient (Wildman–Crippen LogP) is 2.06. The predicted molar refractivity (Wildman–Crippen MR) is 101 cm³/mol. The minimum absolute atomic E-state index is 0.0759. The molecule has 3 N–H and O–H groups in total. The van der Waals surface area contributed by atoms with Gasteiger partial charge in [-0.1, -0.05) is 19.1 Å². The Morgan fingerprint density at radius 2 is 1.93 bits per heavy atom. The molecule has 2 unspecified atom stereocenters. The van der Waals surface area contributed by atoms with Crippen LogP contribution in [0.25, 0.3) is 0 Å². The number of nitrogens with zero attached hydrogens (tertiary/aromatic N) is 3. The number of aromatic hydroxyl groups is 2. The molecule has 0 saturated carbocycles. The normalized spacial score (nSPS) is 21.2. The summed E-state index contributed by atoms with van der Waals surface area (Å²) < 4.78 is 13.0. The molecule has 9 heteroatoms. The average Bonchev–Trinajstić information content (AvgIpc) is 2.99. The highest BCUT2D eigenvalue weighted by atomic mass is 19.1. The molecular weight excluding hydrogens is 379 g/mol. The fourth-order valence-corrected chi connectivity index (χ4v) is 3.76. The fourth-order valence-electron chi connectivity index (χ4n) is 3.76. The number of amides is 2. The molecule has 2 aromatic rings. The summed E-state index contributed by atoms with van der Waals surface area (Å²) in [5.74, 6) is -2.50. The molecule has 1 saturated heterocycles. The number of rotatable bonds is 4. The molecule has 0 bridgehead atoms. The topological polar surface area (TPSA) is 116 Å². The van der Waals surface area contributed by atoms with Gasteiger partial charge in [0.2, 0.25) is 11.7 Å². The van der Waals surface area contributed by atoms with E-state index in [1.54, 1.807) is 11.8 Å². The number of halogens is 1. The number of hydrogen-bond acceptors (Lipinski definition) is 6. The number of aromatic nitrogens is 2. The first-order chi connectivity index (χ1) is 13.6. The lowest BCUT2D eigenvalue weighted by atomic mass is 9.93. The minimum atomic E-state index is -0.914. The molecule has 1 fully saturated rings. The molecule has 1 aromatic heterocycles. The Labute approximate surface area is 167 Å². The quantitative estimate of drug-likeness (QED) is 0.721. The second-order valence-corrected chi connectivity index (χ2v) is 7.59. The molecule has 0 spiro atoms. The van der Waals surface area contributed by atoms with E-state index >= 15 is 0 Å². The van der Waals surface area contributed by atoms with E-state index in [0.717, 1.165) is 0 Å². The Hall–Kier alpha value is -3.23. The highest BCUT2D eigenvalue weighted by Gasteiger charge is 2.46. The number of likely N-dealkylation sites (tertiary alicyclic amines) is 1. The summed E-state index contributed by atoms with van der Waals surface area (Å²) in [6.45, 7) is 5.77. The first-order valence-electron chi connectivity index (χ1n) is 9.23. The van der Waals surface area contributed by atoms with Crippen LogP contribution in [0.4, 0.5) is 4.39 Å². The molecule has 1 aliphatic rings. The van der Waals surface area contributed by atoms with Crippen molar-refractivity contribution in [3.8, 4) is 11.6 Å². The molecule has 0 aliphatic carbocycles. The first-order valence-corrected chi connectivity index (χ1v) is 9.23. The number of carbonyl (C=O) groups is 2. The van der Waals surface area contributed by atoms with Crippen LogP contribution in [0.5, 0.6) is 11.6 Å². The molecule has 1 aliphatic heterocycles. The van der Waals surface area contributed by atoms with Gasteiger partial charge in [-0.2, -0.15) is 4.98 Å². The number of nitrogens with one attached hydrogen (secondary N) is 1.